The van der Waals surface area contributed by atoms with Crippen LogP contribution in [0.4, 0.5) is 0 Å². The third kappa shape index (κ3) is 6.66. The summed E-state index contributed by atoms with van der Waals surface area (Å²) in [6.45, 7) is 4.55. The Bertz CT molecular complexity index is 470. The van der Waals surface area contributed by atoms with Crippen molar-refractivity contribution >= 4 is 17.3 Å². The molecule has 0 fully saturated rings. The second-order valence-corrected chi connectivity index (χ2v) is 4.56. The molecule has 0 N–H and O–H groups in total. The van der Waals surface area contributed by atoms with E-state index in [1.165, 1.54) is 0 Å². The second-order valence-electron chi connectivity index (χ2n) is 4.13. The van der Waals surface area contributed by atoms with Crippen molar-refractivity contribution in [3.63, 3.8) is 0 Å². The molecular formula is C14H19ClN2O4. The van der Waals surface area contributed by atoms with Crippen molar-refractivity contribution in [2.75, 3.05) is 26.3 Å². The average molecular weight is 315 g/mol. The van der Waals surface area contributed by atoms with Gasteiger partial charge in [0, 0.05) is 28.7 Å². The Labute approximate surface area is 128 Å². The van der Waals surface area contributed by atoms with E-state index in [9.17, 15) is 10.1 Å². The Hall–Kier alpha value is -1.50. The van der Waals surface area contributed by atoms with Gasteiger partial charge in [-0.1, -0.05) is 23.7 Å². The maximum Gasteiger partial charge on any atom is 0.245 e. The fourth-order valence-electron chi connectivity index (χ4n) is 1.71. The Balaban J connectivity index is 2.87. The van der Waals surface area contributed by atoms with E-state index >= 15 is 0 Å². The molecule has 0 amide bonds. The van der Waals surface area contributed by atoms with Crippen molar-refractivity contribution in [3.8, 4) is 0 Å². The van der Waals surface area contributed by atoms with Crippen LogP contribution in [0.3, 0.4) is 0 Å². The summed E-state index contributed by atoms with van der Waals surface area (Å²) in [4.78, 5) is 14.7. The zero-order chi connectivity index (χ0) is 15.7. The summed E-state index contributed by atoms with van der Waals surface area (Å²) < 4.78 is 10.7. The number of ether oxygens (including phenoxy) is 2. The van der Waals surface area contributed by atoms with Gasteiger partial charge in [-0.3, -0.25) is 15.1 Å². The van der Waals surface area contributed by atoms with E-state index in [2.05, 4.69) is 4.99 Å². The van der Waals surface area contributed by atoms with Gasteiger partial charge in [0.15, 0.2) is 6.29 Å². The van der Waals surface area contributed by atoms with Gasteiger partial charge >= 0.3 is 0 Å². The molecule has 6 nitrogen and oxygen atoms in total. The summed E-state index contributed by atoms with van der Waals surface area (Å²) in [5, 5.41) is 11.4. The maximum absolute atomic E-state index is 10.8. The van der Waals surface area contributed by atoms with Gasteiger partial charge in [0.2, 0.25) is 6.54 Å². The highest BCUT2D eigenvalue weighted by atomic mass is 35.5. The molecule has 0 saturated heterocycles. The molecule has 0 aliphatic carbocycles. The van der Waals surface area contributed by atoms with Crippen LogP contribution in [0, 0.1) is 10.1 Å². The minimum absolute atomic E-state index is 0.216. The van der Waals surface area contributed by atoms with E-state index in [1.807, 2.05) is 13.8 Å². The molecule has 0 bridgehead atoms. The number of halogens is 1. The van der Waals surface area contributed by atoms with Crippen molar-refractivity contribution in [2.24, 2.45) is 4.99 Å². The predicted octanol–water partition coefficient (Wildman–Crippen LogP) is 2.80. The average Bonchev–Trinajstić information content (AvgIpc) is 2.44. The molecule has 0 spiro atoms. The molecule has 1 aromatic rings. The lowest BCUT2D eigenvalue weighted by molar-refractivity contribution is -0.462. The first-order valence-electron chi connectivity index (χ1n) is 6.71. The van der Waals surface area contributed by atoms with Crippen LogP contribution in [0.1, 0.15) is 19.4 Å². The molecule has 0 radical (unpaired) electrons. The first-order valence-corrected chi connectivity index (χ1v) is 7.08. The summed E-state index contributed by atoms with van der Waals surface area (Å²) >= 11 is 5.82. The number of hydrogen-bond acceptors (Lipinski definition) is 5. The van der Waals surface area contributed by atoms with E-state index in [0.717, 1.165) is 0 Å². The van der Waals surface area contributed by atoms with E-state index in [4.69, 9.17) is 21.1 Å². The summed E-state index contributed by atoms with van der Waals surface area (Å²) in [6, 6.07) is 6.77. The lowest BCUT2D eigenvalue weighted by Crippen LogP contribution is -2.23. The van der Waals surface area contributed by atoms with Gasteiger partial charge in [-0.25, -0.2) is 0 Å². The van der Waals surface area contributed by atoms with Gasteiger partial charge in [-0.05, 0) is 26.0 Å². The van der Waals surface area contributed by atoms with E-state index in [-0.39, 0.29) is 13.1 Å². The standard InChI is InChI=1S/C14H19ClN2O4/c1-3-20-14(21-4-2)9-16-13(10-17(18)19)11-5-7-12(15)8-6-11/h5-8,14H,3-4,9-10H2,1-2H3. The zero-order valence-corrected chi connectivity index (χ0v) is 12.9. The van der Waals surface area contributed by atoms with E-state index in [1.54, 1.807) is 24.3 Å². The monoisotopic (exact) mass is 314 g/mol. The van der Waals surface area contributed by atoms with Crippen LogP contribution in [-0.4, -0.2) is 43.2 Å². The number of hydrogen-bond donors (Lipinski definition) is 0. The number of rotatable bonds is 9. The Morgan fingerprint density at radius 3 is 2.33 bits per heavy atom. The maximum atomic E-state index is 10.8. The highest BCUT2D eigenvalue weighted by molar-refractivity contribution is 6.30. The largest absolute Gasteiger partial charge is 0.351 e. The minimum atomic E-state index is -0.492. The van der Waals surface area contributed by atoms with Crippen LogP contribution in [0.15, 0.2) is 29.3 Å². The summed E-state index contributed by atoms with van der Waals surface area (Å²) in [7, 11) is 0. The highest BCUT2D eigenvalue weighted by Crippen LogP contribution is 2.11. The first kappa shape index (κ1) is 17.6. The van der Waals surface area contributed by atoms with Gasteiger partial charge in [-0.2, -0.15) is 0 Å². The Kier molecular flexibility index (Phi) is 7.89. The van der Waals surface area contributed by atoms with E-state index < -0.39 is 11.2 Å². The summed E-state index contributed by atoms with van der Waals surface area (Å²) in [5.41, 5.74) is 1.05. The topological polar surface area (TPSA) is 74.0 Å². The molecular weight excluding hydrogens is 296 g/mol. The molecule has 0 atom stereocenters. The quantitative estimate of drug-likeness (QED) is 0.304. The van der Waals surface area contributed by atoms with Gasteiger partial charge in [0.1, 0.15) is 5.71 Å². The molecule has 7 heteroatoms. The van der Waals surface area contributed by atoms with Crippen LogP contribution >= 0.6 is 11.6 Å². The molecule has 21 heavy (non-hydrogen) atoms. The zero-order valence-electron chi connectivity index (χ0n) is 12.1. The molecule has 0 saturated carbocycles. The first-order chi connectivity index (χ1) is 10.1. The fraction of sp³-hybridized carbons (Fsp3) is 0.500. The second kappa shape index (κ2) is 9.44. The highest BCUT2D eigenvalue weighted by Gasteiger charge is 2.13. The number of aliphatic imine (C=N–C) groups is 1. The van der Waals surface area contributed by atoms with Gasteiger partial charge in [0.05, 0.1) is 6.54 Å². The van der Waals surface area contributed by atoms with Crippen LogP contribution in [-0.2, 0) is 9.47 Å². The Morgan fingerprint density at radius 1 is 1.29 bits per heavy atom. The van der Waals surface area contributed by atoms with Gasteiger partial charge in [0.25, 0.3) is 0 Å². The summed E-state index contributed by atoms with van der Waals surface area (Å²) in [6.07, 6.45) is -0.492. The third-order valence-corrected chi connectivity index (χ3v) is 2.84. The number of nitro groups is 1. The molecule has 0 heterocycles. The van der Waals surface area contributed by atoms with Gasteiger partial charge < -0.3 is 9.47 Å². The molecule has 0 aliphatic heterocycles. The molecule has 116 valence electrons. The van der Waals surface area contributed by atoms with Crippen molar-refractivity contribution < 1.29 is 14.4 Å². The molecule has 0 aromatic heterocycles. The minimum Gasteiger partial charge on any atom is -0.351 e. The van der Waals surface area contributed by atoms with Crippen molar-refractivity contribution in [1.29, 1.82) is 0 Å². The van der Waals surface area contributed by atoms with Crippen molar-refractivity contribution in [2.45, 2.75) is 20.1 Å². The molecule has 0 unspecified atom stereocenters. The van der Waals surface area contributed by atoms with Crippen LogP contribution in [0.5, 0.6) is 0 Å². The normalized spacial score (nSPS) is 11.9. The molecule has 1 rings (SSSR count). The number of nitrogens with zero attached hydrogens (tertiary/aromatic N) is 2. The number of benzene rings is 1. The predicted molar refractivity (Wildman–Crippen MR) is 81.8 cm³/mol. The SMILES string of the molecule is CCOC(CN=C(C[N+](=O)[O-])c1ccc(Cl)cc1)OCC. The fourth-order valence-corrected chi connectivity index (χ4v) is 1.83. The van der Waals surface area contributed by atoms with E-state index in [0.29, 0.717) is 29.5 Å². The lowest BCUT2D eigenvalue weighted by Gasteiger charge is -2.15. The Morgan fingerprint density at radius 2 is 1.86 bits per heavy atom. The molecule has 0 aliphatic rings. The smallest absolute Gasteiger partial charge is 0.245 e. The van der Waals surface area contributed by atoms with Crippen molar-refractivity contribution in [3.05, 3.63) is 45.0 Å². The summed E-state index contributed by atoms with van der Waals surface area (Å²) in [5.74, 6) is 0. The lowest BCUT2D eigenvalue weighted by atomic mass is 10.1. The van der Waals surface area contributed by atoms with Gasteiger partial charge in [-0.15, -0.1) is 0 Å². The third-order valence-electron chi connectivity index (χ3n) is 2.59. The molecule has 1 aromatic carbocycles. The van der Waals surface area contributed by atoms with Crippen molar-refractivity contribution in [1.82, 2.24) is 0 Å². The van der Waals surface area contributed by atoms with Crippen LogP contribution < -0.4 is 0 Å². The van der Waals surface area contributed by atoms with Crippen LogP contribution in [0.2, 0.25) is 5.02 Å². The van der Waals surface area contributed by atoms with Crippen LogP contribution in [0.25, 0.3) is 0 Å².